The summed E-state index contributed by atoms with van der Waals surface area (Å²) < 4.78 is 13.7. The molecule has 0 radical (unpaired) electrons. The van der Waals surface area contributed by atoms with Gasteiger partial charge in [-0.2, -0.15) is 0 Å². The second kappa shape index (κ2) is 5.88. The molecule has 0 aliphatic rings. The first-order valence-corrected chi connectivity index (χ1v) is 6.41. The number of nitro groups is 1. The molecule has 2 rings (SSSR count). The van der Waals surface area contributed by atoms with Crippen molar-refractivity contribution in [3.05, 3.63) is 62.4 Å². The summed E-state index contributed by atoms with van der Waals surface area (Å²) in [6, 6.07) is 7.45. The van der Waals surface area contributed by atoms with Gasteiger partial charge < -0.3 is 10.4 Å². The number of aromatic carboxylic acids is 1. The predicted octanol–water partition coefficient (Wildman–Crippen LogP) is 3.94. The molecule has 0 unspecified atom stereocenters. The van der Waals surface area contributed by atoms with Crippen LogP contribution >= 0.6 is 15.9 Å². The molecule has 2 aromatic rings. The van der Waals surface area contributed by atoms with E-state index in [4.69, 9.17) is 5.11 Å². The summed E-state index contributed by atoms with van der Waals surface area (Å²) >= 11 is 3.10. The lowest BCUT2D eigenvalue weighted by Gasteiger charge is -2.08. The zero-order valence-electron chi connectivity index (χ0n) is 10.3. The van der Waals surface area contributed by atoms with Gasteiger partial charge in [-0.05, 0) is 40.2 Å². The Bertz CT molecular complexity index is 736. The van der Waals surface area contributed by atoms with Gasteiger partial charge in [-0.3, -0.25) is 10.1 Å². The molecule has 0 aliphatic carbocycles. The molecule has 0 heterocycles. The van der Waals surface area contributed by atoms with Gasteiger partial charge in [0.1, 0.15) is 5.82 Å². The first-order chi connectivity index (χ1) is 9.86. The van der Waals surface area contributed by atoms with Crippen molar-refractivity contribution < 1.29 is 19.2 Å². The van der Waals surface area contributed by atoms with E-state index in [1.165, 1.54) is 12.1 Å². The van der Waals surface area contributed by atoms with Crippen LogP contribution in [0.25, 0.3) is 0 Å². The first kappa shape index (κ1) is 14.9. The summed E-state index contributed by atoms with van der Waals surface area (Å²) in [5, 5.41) is 22.4. The lowest BCUT2D eigenvalue weighted by molar-refractivity contribution is -0.385. The van der Waals surface area contributed by atoms with E-state index < -0.39 is 22.4 Å². The van der Waals surface area contributed by atoms with Gasteiger partial charge in [-0.1, -0.05) is 0 Å². The maximum atomic E-state index is 13.3. The maximum Gasteiger partial charge on any atom is 0.336 e. The summed E-state index contributed by atoms with van der Waals surface area (Å²) in [6.45, 7) is 0. The van der Waals surface area contributed by atoms with Gasteiger partial charge in [0.05, 0.1) is 16.6 Å². The molecule has 0 spiro atoms. The van der Waals surface area contributed by atoms with Crippen molar-refractivity contribution in [3.8, 4) is 0 Å². The normalized spacial score (nSPS) is 10.2. The minimum Gasteiger partial charge on any atom is -0.478 e. The zero-order valence-corrected chi connectivity index (χ0v) is 11.9. The Morgan fingerprint density at radius 3 is 2.57 bits per heavy atom. The lowest BCUT2D eigenvalue weighted by atomic mass is 10.2. The summed E-state index contributed by atoms with van der Waals surface area (Å²) in [6.07, 6.45) is 0. The van der Waals surface area contributed by atoms with Gasteiger partial charge in [-0.15, -0.1) is 0 Å². The van der Waals surface area contributed by atoms with Gasteiger partial charge in [-0.25, -0.2) is 9.18 Å². The number of carboxylic acids is 1. The molecule has 108 valence electrons. The van der Waals surface area contributed by atoms with Crippen LogP contribution in [0.1, 0.15) is 10.4 Å². The molecule has 0 atom stereocenters. The van der Waals surface area contributed by atoms with E-state index in [0.717, 1.165) is 18.2 Å². The zero-order chi connectivity index (χ0) is 15.6. The number of nitrogens with zero attached hydrogens (tertiary/aromatic N) is 1. The van der Waals surface area contributed by atoms with Crippen molar-refractivity contribution in [1.29, 1.82) is 0 Å². The number of hydrogen-bond donors (Lipinski definition) is 2. The molecular weight excluding hydrogens is 347 g/mol. The third kappa shape index (κ3) is 3.54. The van der Waals surface area contributed by atoms with Crippen LogP contribution in [0.2, 0.25) is 0 Å². The molecule has 0 saturated carbocycles. The van der Waals surface area contributed by atoms with E-state index in [2.05, 4.69) is 21.2 Å². The molecule has 0 aromatic heterocycles. The topological polar surface area (TPSA) is 92.5 Å². The molecule has 0 aliphatic heterocycles. The van der Waals surface area contributed by atoms with Crippen LogP contribution in [0.15, 0.2) is 40.9 Å². The third-order valence-corrected chi connectivity index (χ3v) is 3.27. The SMILES string of the molecule is O=C(O)c1cc(Nc2cc(F)cc([N+](=O)[O-])c2)ccc1Br. The molecule has 0 bridgehead atoms. The number of nitro benzene ring substituents is 1. The highest BCUT2D eigenvalue weighted by Crippen LogP contribution is 2.26. The van der Waals surface area contributed by atoms with E-state index in [1.807, 2.05) is 0 Å². The summed E-state index contributed by atoms with van der Waals surface area (Å²) in [7, 11) is 0. The van der Waals surface area contributed by atoms with Crippen LogP contribution in [0.4, 0.5) is 21.5 Å². The average Bonchev–Trinajstić information content (AvgIpc) is 2.40. The highest BCUT2D eigenvalue weighted by molar-refractivity contribution is 9.10. The number of benzene rings is 2. The molecular formula is C13H8BrFN2O4. The van der Waals surface area contributed by atoms with E-state index >= 15 is 0 Å². The first-order valence-electron chi connectivity index (χ1n) is 5.61. The van der Waals surface area contributed by atoms with Crippen LogP contribution < -0.4 is 5.32 Å². The van der Waals surface area contributed by atoms with Gasteiger partial charge >= 0.3 is 5.97 Å². The van der Waals surface area contributed by atoms with E-state index in [0.29, 0.717) is 10.2 Å². The highest BCUT2D eigenvalue weighted by Gasteiger charge is 2.12. The number of anilines is 2. The minimum absolute atomic E-state index is 0.0194. The van der Waals surface area contributed by atoms with Crippen molar-refractivity contribution in [2.45, 2.75) is 0 Å². The maximum absolute atomic E-state index is 13.3. The Morgan fingerprint density at radius 1 is 1.24 bits per heavy atom. The number of hydrogen-bond acceptors (Lipinski definition) is 4. The van der Waals surface area contributed by atoms with Gasteiger partial charge in [0.2, 0.25) is 0 Å². The van der Waals surface area contributed by atoms with Crippen LogP contribution in [0.5, 0.6) is 0 Å². The Kier molecular flexibility index (Phi) is 4.18. The molecule has 0 amide bonds. The average molecular weight is 355 g/mol. The van der Waals surface area contributed by atoms with Crippen molar-refractivity contribution in [2.75, 3.05) is 5.32 Å². The van der Waals surface area contributed by atoms with Crippen molar-refractivity contribution in [2.24, 2.45) is 0 Å². The number of non-ortho nitro benzene ring substituents is 1. The highest BCUT2D eigenvalue weighted by atomic mass is 79.9. The Labute approximate surface area is 126 Å². The lowest BCUT2D eigenvalue weighted by Crippen LogP contribution is -2.00. The molecule has 8 heteroatoms. The quantitative estimate of drug-likeness (QED) is 0.640. The summed E-state index contributed by atoms with van der Waals surface area (Å²) in [5.41, 5.74) is 0.148. The molecule has 0 saturated heterocycles. The molecule has 2 N–H and O–H groups in total. The van der Waals surface area contributed by atoms with Crippen LogP contribution in [0.3, 0.4) is 0 Å². The molecule has 2 aromatic carbocycles. The van der Waals surface area contributed by atoms with Crippen molar-refractivity contribution in [3.63, 3.8) is 0 Å². The molecule has 0 fully saturated rings. The number of carboxylic acid groups (broad SMARTS) is 1. The van der Waals surface area contributed by atoms with E-state index in [1.54, 1.807) is 6.07 Å². The Morgan fingerprint density at radius 2 is 1.95 bits per heavy atom. The van der Waals surface area contributed by atoms with Crippen molar-refractivity contribution >= 4 is 39.0 Å². The Hall–Kier alpha value is -2.48. The monoisotopic (exact) mass is 354 g/mol. The number of rotatable bonds is 4. The molecule has 21 heavy (non-hydrogen) atoms. The number of nitrogens with one attached hydrogen (secondary N) is 1. The molecule has 6 nitrogen and oxygen atoms in total. The van der Waals surface area contributed by atoms with Crippen molar-refractivity contribution in [1.82, 2.24) is 0 Å². The van der Waals surface area contributed by atoms with Crippen LogP contribution in [-0.2, 0) is 0 Å². The fourth-order valence-corrected chi connectivity index (χ4v) is 2.10. The number of carbonyl (C=O) groups is 1. The number of halogens is 2. The standard InChI is InChI=1S/C13H8BrFN2O4/c14-12-2-1-8(6-11(12)13(18)19)16-9-3-7(15)4-10(5-9)17(20)21/h1-6,16H,(H,18,19). The summed E-state index contributed by atoms with van der Waals surface area (Å²) in [4.78, 5) is 21.0. The van der Waals surface area contributed by atoms with Crippen LogP contribution in [0, 0.1) is 15.9 Å². The van der Waals surface area contributed by atoms with Gasteiger partial charge in [0, 0.05) is 21.9 Å². The largest absolute Gasteiger partial charge is 0.478 e. The predicted molar refractivity (Wildman–Crippen MR) is 77.4 cm³/mol. The van der Waals surface area contributed by atoms with E-state index in [9.17, 15) is 19.3 Å². The Balaban J connectivity index is 2.36. The summed E-state index contributed by atoms with van der Waals surface area (Å²) in [5.74, 6) is -1.89. The van der Waals surface area contributed by atoms with E-state index in [-0.39, 0.29) is 11.3 Å². The smallest absolute Gasteiger partial charge is 0.336 e. The fourth-order valence-electron chi connectivity index (χ4n) is 1.69. The van der Waals surface area contributed by atoms with Gasteiger partial charge in [0.15, 0.2) is 0 Å². The third-order valence-electron chi connectivity index (χ3n) is 2.58. The van der Waals surface area contributed by atoms with Crippen LogP contribution in [-0.4, -0.2) is 16.0 Å². The van der Waals surface area contributed by atoms with Gasteiger partial charge in [0.25, 0.3) is 5.69 Å². The second-order valence-electron chi connectivity index (χ2n) is 4.08. The second-order valence-corrected chi connectivity index (χ2v) is 4.93. The fraction of sp³-hybridized carbons (Fsp3) is 0. The minimum atomic E-state index is -1.13.